The van der Waals surface area contributed by atoms with E-state index in [1.165, 1.54) is 0 Å². The number of rotatable bonds is 4. The van der Waals surface area contributed by atoms with Gasteiger partial charge in [-0.2, -0.15) is 0 Å². The van der Waals surface area contributed by atoms with Gasteiger partial charge < -0.3 is 19.4 Å². The summed E-state index contributed by atoms with van der Waals surface area (Å²) in [5, 5.41) is 0.605. The summed E-state index contributed by atoms with van der Waals surface area (Å²) in [5.41, 5.74) is 4.17. The molecule has 0 spiro atoms. The van der Waals surface area contributed by atoms with Crippen molar-refractivity contribution < 1.29 is 19.1 Å². The van der Waals surface area contributed by atoms with Crippen LogP contribution in [0, 0.1) is 0 Å². The number of carbonyl (C=O) groups is 2. The Balaban J connectivity index is 1.19. The van der Waals surface area contributed by atoms with Gasteiger partial charge in [0.15, 0.2) is 0 Å². The van der Waals surface area contributed by atoms with Crippen LogP contribution in [-0.4, -0.2) is 66.2 Å². The number of nitrogens with one attached hydrogen (secondary N) is 2. The molecule has 4 aromatic rings. The molecule has 0 radical (unpaired) electrons. The van der Waals surface area contributed by atoms with Gasteiger partial charge in [-0.3, -0.25) is 9.80 Å². The maximum Gasteiger partial charge on any atom is 0.410 e. The van der Waals surface area contributed by atoms with Crippen LogP contribution in [0.4, 0.5) is 9.59 Å². The molecule has 45 heavy (non-hydrogen) atoms. The SMILES string of the molecule is CC(C)(C)OC(=O)N1CCC[C@H]1c1ncc(-c2ccc(-c3cc4nc([C@@H]5CCCN5C(=O)OC(C)(C)C)[nH]c4cc3Cl)cc2)[nH]1. The molecule has 0 aliphatic carbocycles. The molecule has 238 valence electrons. The molecular formula is C34H41ClN6O4. The first-order valence-electron chi connectivity index (χ1n) is 15.6. The predicted molar refractivity (Wildman–Crippen MR) is 174 cm³/mol. The third kappa shape index (κ3) is 6.66. The van der Waals surface area contributed by atoms with E-state index in [0.717, 1.165) is 70.7 Å². The minimum atomic E-state index is -0.561. The van der Waals surface area contributed by atoms with Crippen molar-refractivity contribution in [3.05, 3.63) is 59.3 Å². The van der Waals surface area contributed by atoms with Crippen LogP contribution in [0.3, 0.4) is 0 Å². The third-order valence-corrected chi connectivity index (χ3v) is 8.40. The van der Waals surface area contributed by atoms with Gasteiger partial charge in [0.05, 0.1) is 40.0 Å². The summed E-state index contributed by atoms with van der Waals surface area (Å²) in [4.78, 5) is 45.5. The van der Waals surface area contributed by atoms with Crippen molar-refractivity contribution in [2.75, 3.05) is 13.1 Å². The molecule has 2 N–H and O–H groups in total. The molecule has 2 aromatic heterocycles. The van der Waals surface area contributed by atoms with E-state index in [1.807, 2.05) is 84.1 Å². The van der Waals surface area contributed by atoms with Crippen molar-refractivity contribution in [3.63, 3.8) is 0 Å². The van der Waals surface area contributed by atoms with Crippen LogP contribution in [0.1, 0.15) is 91.0 Å². The lowest BCUT2D eigenvalue weighted by atomic mass is 10.0. The molecule has 2 aliphatic rings. The normalized spacial score (nSPS) is 19.0. The lowest BCUT2D eigenvalue weighted by Crippen LogP contribution is -2.36. The quantitative estimate of drug-likeness (QED) is 0.233. The number of halogens is 1. The number of aromatic amines is 2. The highest BCUT2D eigenvalue weighted by molar-refractivity contribution is 6.34. The van der Waals surface area contributed by atoms with Gasteiger partial charge in [-0.15, -0.1) is 0 Å². The summed E-state index contributed by atoms with van der Waals surface area (Å²) >= 11 is 6.78. The number of H-pyrrole nitrogens is 2. The zero-order valence-corrected chi connectivity index (χ0v) is 27.5. The van der Waals surface area contributed by atoms with Crippen molar-refractivity contribution in [1.29, 1.82) is 0 Å². The van der Waals surface area contributed by atoms with Crippen LogP contribution in [0.5, 0.6) is 0 Å². The summed E-state index contributed by atoms with van der Waals surface area (Å²) in [6.45, 7) is 12.5. The van der Waals surface area contributed by atoms with Gasteiger partial charge in [0.25, 0.3) is 0 Å². The van der Waals surface area contributed by atoms with Crippen molar-refractivity contribution in [2.45, 2.75) is 90.5 Å². The van der Waals surface area contributed by atoms with Gasteiger partial charge in [-0.1, -0.05) is 35.9 Å². The number of nitrogens with zero attached hydrogens (tertiary/aromatic N) is 4. The van der Waals surface area contributed by atoms with Gasteiger partial charge >= 0.3 is 12.2 Å². The lowest BCUT2D eigenvalue weighted by Gasteiger charge is -2.27. The maximum atomic E-state index is 12.9. The van der Waals surface area contributed by atoms with Crippen molar-refractivity contribution in [2.24, 2.45) is 0 Å². The minimum absolute atomic E-state index is 0.141. The molecule has 2 atom stereocenters. The smallest absolute Gasteiger partial charge is 0.410 e. The Hall–Kier alpha value is -4.05. The monoisotopic (exact) mass is 632 g/mol. The summed E-state index contributed by atoms with van der Waals surface area (Å²) in [7, 11) is 0. The van der Waals surface area contributed by atoms with E-state index in [2.05, 4.69) is 15.0 Å². The molecule has 6 rings (SSSR count). The first-order valence-corrected chi connectivity index (χ1v) is 16.0. The molecule has 2 aliphatic heterocycles. The first-order chi connectivity index (χ1) is 21.3. The number of benzene rings is 2. The average molecular weight is 633 g/mol. The van der Waals surface area contributed by atoms with Crippen LogP contribution in [0.25, 0.3) is 33.4 Å². The highest BCUT2D eigenvalue weighted by Crippen LogP contribution is 2.37. The van der Waals surface area contributed by atoms with E-state index >= 15 is 0 Å². The fourth-order valence-electron chi connectivity index (χ4n) is 6.09. The Morgan fingerprint density at radius 1 is 0.822 bits per heavy atom. The van der Waals surface area contributed by atoms with Crippen molar-refractivity contribution in [1.82, 2.24) is 29.7 Å². The number of imidazole rings is 2. The largest absolute Gasteiger partial charge is 0.444 e. The van der Waals surface area contributed by atoms with E-state index in [0.29, 0.717) is 18.1 Å². The van der Waals surface area contributed by atoms with Gasteiger partial charge in [-0.25, -0.2) is 19.6 Å². The predicted octanol–water partition coefficient (Wildman–Crippen LogP) is 8.42. The zero-order chi connectivity index (χ0) is 32.1. The Morgan fingerprint density at radius 2 is 1.38 bits per heavy atom. The van der Waals surface area contributed by atoms with E-state index in [4.69, 9.17) is 26.1 Å². The van der Waals surface area contributed by atoms with Crippen molar-refractivity contribution >= 4 is 34.8 Å². The molecule has 2 saturated heterocycles. The van der Waals surface area contributed by atoms with Crippen LogP contribution in [-0.2, 0) is 9.47 Å². The van der Waals surface area contributed by atoms with Crippen LogP contribution in [0.15, 0.2) is 42.6 Å². The molecular weight excluding hydrogens is 592 g/mol. The molecule has 2 fully saturated rings. The number of hydrogen-bond acceptors (Lipinski definition) is 6. The second-order valence-electron chi connectivity index (χ2n) is 13.9. The molecule has 11 heteroatoms. The number of ether oxygens (including phenoxy) is 2. The van der Waals surface area contributed by atoms with E-state index < -0.39 is 11.2 Å². The standard InChI is InChI=1S/C34H41ClN6O4/c1-33(2,3)44-31(42)40-15-7-9-27(40)29-36-19-26(39-29)21-13-11-20(12-14-21)22-17-24-25(18-23(22)35)38-30(37-24)28-10-8-16-41(28)32(43)45-34(4,5)6/h11-14,17-19,27-28H,7-10,15-16H2,1-6H3,(H,36,39)(H,37,38)/t27-,28-/m0/s1. The summed E-state index contributed by atoms with van der Waals surface area (Å²) in [5.74, 6) is 1.49. The fourth-order valence-corrected chi connectivity index (χ4v) is 6.36. The third-order valence-electron chi connectivity index (χ3n) is 8.08. The van der Waals surface area contributed by atoms with E-state index in [1.54, 1.807) is 9.80 Å². The minimum Gasteiger partial charge on any atom is -0.444 e. The summed E-state index contributed by atoms with van der Waals surface area (Å²) in [6, 6.07) is 11.7. The Morgan fingerprint density at radius 3 is 1.96 bits per heavy atom. The Kier molecular flexibility index (Phi) is 8.05. The first kappa shape index (κ1) is 31.0. The average Bonchev–Trinajstić information content (AvgIpc) is 3.75. The Labute approximate surface area is 268 Å². The molecule has 10 nitrogen and oxygen atoms in total. The number of aromatic nitrogens is 4. The lowest BCUT2D eigenvalue weighted by molar-refractivity contribution is 0.0208. The number of likely N-dealkylation sites (tertiary alicyclic amines) is 2. The second-order valence-corrected chi connectivity index (χ2v) is 14.3. The second kappa shape index (κ2) is 11.7. The van der Waals surface area contributed by atoms with Gasteiger partial charge in [0.2, 0.25) is 0 Å². The van der Waals surface area contributed by atoms with Crippen LogP contribution in [0.2, 0.25) is 5.02 Å². The van der Waals surface area contributed by atoms with Gasteiger partial charge in [0.1, 0.15) is 22.9 Å². The van der Waals surface area contributed by atoms with Crippen LogP contribution >= 0.6 is 11.6 Å². The summed E-state index contributed by atoms with van der Waals surface area (Å²) < 4.78 is 11.3. The molecule has 2 amide bonds. The maximum absolute atomic E-state index is 12.9. The molecule has 4 heterocycles. The number of hydrogen-bond donors (Lipinski definition) is 2. The van der Waals surface area contributed by atoms with Crippen LogP contribution < -0.4 is 0 Å². The topological polar surface area (TPSA) is 116 Å². The van der Waals surface area contributed by atoms with Gasteiger partial charge in [0, 0.05) is 18.7 Å². The van der Waals surface area contributed by atoms with Gasteiger partial charge in [-0.05, 0) is 90.5 Å². The number of amides is 2. The van der Waals surface area contributed by atoms with Crippen molar-refractivity contribution in [3.8, 4) is 22.4 Å². The van der Waals surface area contributed by atoms with E-state index in [-0.39, 0.29) is 24.3 Å². The molecule has 2 aromatic carbocycles. The van der Waals surface area contributed by atoms with E-state index in [9.17, 15) is 9.59 Å². The highest BCUT2D eigenvalue weighted by atomic mass is 35.5. The molecule has 0 saturated carbocycles. The highest BCUT2D eigenvalue weighted by Gasteiger charge is 2.36. The Bertz CT molecular complexity index is 1720. The molecule has 0 bridgehead atoms. The number of carbonyl (C=O) groups excluding carboxylic acids is 2. The summed E-state index contributed by atoms with van der Waals surface area (Å²) in [6.07, 6.45) is 4.62. The fraction of sp³-hybridized carbons (Fsp3) is 0.471. The zero-order valence-electron chi connectivity index (χ0n) is 26.7. The number of fused-ring (bicyclic) bond motifs is 1. The molecule has 0 unspecified atom stereocenters.